The smallest absolute Gasteiger partial charge is 0.327 e. The Morgan fingerprint density at radius 2 is 1.97 bits per heavy atom. The van der Waals surface area contributed by atoms with Gasteiger partial charge in [0.25, 0.3) is 0 Å². The van der Waals surface area contributed by atoms with E-state index in [9.17, 15) is 14.4 Å². The van der Waals surface area contributed by atoms with E-state index in [1.165, 1.54) is 16.2 Å². The first-order valence-electron chi connectivity index (χ1n) is 10.4. The number of imide groups is 1. The highest BCUT2D eigenvalue weighted by molar-refractivity contribution is 7.98. The Labute approximate surface area is 190 Å². The quantitative estimate of drug-likeness (QED) is 0.505. The first-order chi connectivity index (χ1) is 14.9. The molecule has 2 fully saturated rings. The van der Waals surface area contributed by atoms with E-state index in [1.807, 2.05) is 42.8 Å². The van der Waals surface area contributed by atoms with Crippen molar-refractivity contribution in [1.82, 2.24) is 5.32 Å². The van der Waals surface area contributed by atoms with E-state index < -0.39 is 29.4 Å². The van der Waals surface area contributed by atoms with Crippen molar-refractivity contribution in [2.45, 2.75) is 31.8 Å². The van der Waals surface area contributed by atoms with Crippen LogP contribution in [-0.4, -0.2) is 41.9 Å². The highest BCUT2D eigenvalue weighted by Gasteiger charge is 2.68. The molecular weight excluding hydrogens is 432 g/mol. The zero-order chi connectivity index (χ0) is 22.2. The number of aryl methyl sites for hydroxylation is 1. The lowest BCUT2D eigenvalue weighted by molar-refractivity contribution is -0.154. The molecule has 1 aromatic heterocycles. The molecule has 0 aliphatic carbocycles. The van der Waals surface area contributed by atoms with E-state index >= 15 is 0 Å². The van der Waals surface area contributed by atoms with Crippen molar-refractivity contribution in [3.8, 4) is 0 Å². The van der Waals surface area contributed by atoms with Gasteiger partial charge >= 0.3 is 5.97 Å². The summed E-state index contributed by atoms with van der Waals surface area (Å²) in [6.07, 6.45) is 2.37. The minimum absolute atomic E-state index is 0.215. The van der Waals surface area contributed by atoms with Gasteiger partial charge in [-0.05, 0) is 55.9 Å². The predicted molar refractivity (Wildman–Crippen MR) is 123 cm³/mol. The molecule has 0 radical (unpaired) electrons. The molecule has 31 heavy (non-hydrogen) atoms. The summed E-state index contributed by atoms with van der Waals surface area (Å²) in [7, 11) is 0. The maximum Gasteiger partial charge on any atom is 0.327 e. The van der Waals surface area contributed by atoms with Gasteiger partial charge in [0.2, 0.25) is 11.8 Å². The van der Waals surface area contributed by atoms with Crippen LogP contribution in [0.2, 0.25) is 0 Å². The van der Waals surface area contributed by atoms with Crippen LogP contribution in [0.15, 0.2) is 41.8 Å². The zero-order valence-corrected chi connectivity index (χ0v) is 19.4. The van der Waals surface area contributed by atoms with Gasteiger partial charge in [-0.15, -0.1) is 11.3 Å². The number of benzene rings is 1. The van der Waals surface area contributed by atoms with Crippen LogP contribution >= 0.6 is 23.1 Å². The number of thiophene rings is 1. The second-order valence-corrected chi connectivity index (χ2v) is 9.89. The molecule has 1 aromatic carbocycles. The van der Waals surface area contributed by atoms with E-state index in [4.69, 9.17) is 4.74 Å². The zero-order valence-electron chi connectivity index (χ0n) is 17.8. The number of rotatable bonds is 7. The van der Waals surface area contributed by atoms with Gasteiger partial charge in [-0.1, -0.05) is 23.8 Å². The topological polar surface area (TPSA) is 75.7 Å². The molecule has 1 N–H and O–H groups in total. The third kappa shape index (κ3) is 3.60. The van der Waals surface area contributed by atoms with E-state index in [0.29, 0.717) is 17.9 Å². The van der Waals surface area contributed by atoms with Gasteiger partial charge in [-0.2, -0.15) is 11.8 Å². The SMILES string of the molecule is CCOC(=O)[C@@]1(CCSC)N[C@@H](c2cccs2)[C@H]2C(=O)N(c3ccc(C)cc3)C(=O)[C@@H]21. The van der Waals surface area contributed by atoms with Crippen molar-refractivity contribution >= 4 is 46.6 Å². The molecule has 0 spiro atoms. The number of thioether (sulfide) groups is 1. The molecular formula is C23H26N2O4S2. The van der Waals surface area contributed by atoms with Crippen molar-refractivity contribution < 1.29 is 19.1 Å². The second kappa shape index (κ2) is 8.76. The van der Waals surface area contributed by atoms with Crippen LogP contribution in [-0.2, 0) is 19.1 Å². The summed E-state index contributed by atoms with van der Waals surface area (Å²) in [6, 6.07) is 10.8. The molecule has 8 heteroatoms. The van der Waals surface area contributed by atoms with Gasteiger partial charge < -0.3 is 4.74 Å². The largest absolute Gasteiger partial charge is 0.465 e. The molecule has 0 unspecified atom stereocenters. The van der Waals surface area contributed by atoms with Crippen LogP contribution in [0.1, 0.15) is 29.8 Å². The molecule has 0 saturated carbocycles. The average molecular weight is 459 g/mol. The molecule has 2 aliphatic heterocycles. The van der Waals surface area contributed by atoms with E-state index in [-0.39, 0.29) is 18.4 Å². The van der Waals surface area contributed by atoms with Gasteiger partial charge in [0, 0.05) is 4.88 Å². The molecule has 4 atom stereocenters. The lowest BCUT2D eigenvalue weighted by Gasteiger charge is -2.32. The van der Waals surface area contributed by atoms with Gasteiger partial charge in [-0.3, -0.25) is 19.7 Å². The second-order valence-electron chi connectivity index (χ2n) is 7.92. The number of carbonyl (C=O) groups is 3. The van der Waals surface area contributed by atoms with Crippen molar-refractivity contribution in [3.05, 3.63) is 52.2 Å². The first-order valence-corrected chi connectivity index (χ1v) is 12.6. The summed E-state index contributed by atoms with van der Waals surface area (Å²) in [5, 5.41) is 5.37. The van der Waals surface area contributed by atoms with Crippen molar-refractivity contribution in [3.63, 3.8) is 0 Å². The molecule has 2 aromatic rings. The summed E-state index contributed by atoms with van der Waals surface area (Å²) in [6.45, 7) is 3.92. The molecule has 0 bridgehead atoms. The van der Waals surface area contributed by atoms with Gasteiger partial charge in [0.1, 0.15) is 5.54 Å². The standard InChI is InChI=1S/C23H26N2O4S2/c1-4-29-22(28)23(11-13-30-3)18-17(19(24-23)16-6-5-12-31-16)20(26)25(21(18)27)15-9-7-14(2)8-10-15/h5-10,12,17-19,24H,4,11,13H2,1-3H3/t17-,18+,19-,23-/m0/s1. The van der Waals surface area contributed by atoms with Gasteiger partial charge in [-0.25, -0.2) is 4.90 Å². The molecule has 3 heterocycles. The van der Waals surface area contributed by atoms with Crippen molar-refractivity contribution in [2.75, 3.05) is 23.5 Å². The minimum Gasteiger partial charge on any atom is -0.465 e. The summed E-state index contributed by atoms with van der Waals surface area (Å²) in [5.41, 5.74) is 0.356. The highest BCUT2D eigenvalue weighted by Crippen LogP contribution is 2.52. The number of carbonyl (C=O) groups excluding carboxylic acids is 3. The fourth-order valence-electron chi connectivity index (χ4n) is 4.71. The van der Waals surface area contributed by atoms with E-state index in [0.717, 1.165) is 10.4 Å². The maximum absolute atomic E-state index is 13.7. The third-order valence-electron chi connectivity index (χ3n) is 6.14. The minimum atomic E-state index is -1.23. The number of ether oxygens (including phenoxy) is 1. The molecule has 6 nitrogen and oxygen atoms in total. The summed E-state index contributed by atoms with van der Waals surface area (Å²) in [5.74, 6) is -1.85. The van der Waals surface area contributed by atoms with Crippen LogP contribution in [0.4, 0.5) is 5.69 Å². The van der Waals surface area contributed by atoms with Crippen molar-refractivity contribution in [1.29, 1.82) is 0 Å². The average Bonchev–Trinajstić information content (AvgIpc) is 3.45. The van der Waals surface area contributed by atoms with Crippen LogP contribution in [0.3, 0.4) is 0 Å². The van der Waals surface area contributed by atoms with Crippen molar-refractivity contribution in [2.24, 2.45) is 11.8 Å². The molecule has 164 valence electrons. The Morgan fingerprint density at radius 3 is 2.58 bits per heavy atom. The summed E-state index contributed by atoms with van der Waals surface area (Å²) >= 11 is 3.12. The Hall–Kier alpha value is -2.16. The number of hydrogen-bond acceptors (Lipinski definition) is 7. The molecule has 2 aliphatic rings. The third-order valence-corrected chi connectivity index (χ3v) is 7.70. The van der Waals surface area contributed by atoms with Crippen LogP contribution < -0.4 is 10.2 Å². The van der Waals surface area contributed by atoms with Crippen LogP contribution in [0.5, 0.6) is 0 Å². The van der Waals surface area contributed by atoms with Gasteiger partial charge in [0.05, 0.1) is 30.2 Å². The summed E-state index contributed by atoms with van der Waals surface area (Å²) in [4.78, 5) is 42.9. The molecule has 2 saturated heterocycles. The molecule has 4 rings (SSSR count). The fraction of sp³-hybridized carbons (Fsp3) is 0.435. The Bertz CT molecular complexity index is 976. The van der Waals surface area contributed by atoms with Crippen LogP contribution in [0.25, 0.3) is 0 Å². The number of hydrogen-bond donors (Lipinski definition) is 1. The lowest BCUT2D eigenvalue weighted by Crippen LogP contribution is -2.57. The lowest BCUT2D eigenvalue weighted by atomic mass is 9.78. The molecule has 2 amide bonds. The maximum atomic E-state index is 13.7. The number of nitrogens with one attached hydrogen (secondary N) is 1. The monoisotopic (exact) mass is 458 g/mol. The Kier molecular flexibility index (Phi) is 6.23. The fourth-order valence-corrected chi connectivity index (χ4v) is 6.06. The first kappa shape index (κ1) is 22.0. The number of anilines is 1. The van der Waals surface area contributed by atoms with E-state index in [2.05, 4.69) is 5.32 Å². The normalized spacial score (nSPS) is 27.6. The predicted octanol–water partition coefficient (Wildman–Crippen LogP) is 3.56. The Morgan fingerprint density at radius 1 is 1.23 bits per heavy atom. The van der Waals surface area contributed by atoms with Gasteiger partial charge in [0.15, 0.2) is 0 Å². The number of nitrogens with zero attached hydrogens (tertiary/aromatic N) is 1. The summed E-state index contributed by atoms with van der Waals surface area (Å²) < 4.78 is 5.45. The van der Waals surface area contributed by atoms with Crippen LogP contribution in [0, 0.1) is 18.8 Å². The Balaban J connectivity index is 1.83. The highest BCUT2D eigenvalue weighted by atomic mass is 32.2. The van der Waals surface area contributed by atoms with E-state index in [1.54, 1.807) is 30.8 Å². The number of fused-ring (bicyclic) bond motifs is 1. The number of esters is 1. The number of amides is 2.